The molecule has 0 spiro atoms. The Balaban J connectivity index is 1.33. The van der Waals surface area contributed by atoms with Crippen molar-refractivity contribution in [3.63, 3.8) is 0 Å². The number of thioether (sulfide) groups is 1. The summed E-state index contributed by atoms with van der Waals surface area (Å²) < 4.78 is 0. The molecule has 4 rings (SSSR count). The van der Waals surface area contributed by atoms with E-state index in [2.05, 4.69) is 27.3 Å². The predicted molar refractivity (Wildman–Crippen MR) is 170 cm³/mol. The Morgan fingerprint density at radius 2 is 1.54 bits per heavy atom. The van der Waals surface area contributed by atoms with Crippen LogP contribution >= 0.6 is 35.3 Å². The zero-order valence-electron chi connectivity index (χ0n) is 22.1. The Labute approximate surface area is 251 Å². The fourth-order valence-electron chi connectivity index (χ4n) is 3.72. The van der Waals surface area contributed by atoms with Crippen molar-refractivity contribution in [2.45, 2.75) is 18.7 Å². The van der Waals surface area contributed by atoms with Crippen molar-refractivity contribution >= 4 is 80.1 Å². The summed E-state index contributed by atoms with van der Waals surface area (Å²) in [4.78, 5) is 38.2. The maximum absolute atomic E-state index is 12.8. The van der Waals surface area contributed by atoms with E-state index < -0.39 is 0 Å². The second kappa shape index (κ2) is 13.7. The molecule has 3 aromatic carbocycles. The fourth-order valence-corrected chi connectivity index (χ4v) is 5.78. The highest BCUT2D eigenvalue weighted by Gasteiger charge is 2.21. The van der Waals surface area contributed by atoms with E-state index in [0.717, 1.165) is 27.6 Å². The first-order valence-corrected chi connectivity index (χ1v) is 14.6. The van der Waals surface area contributed by atoms with Crippen LogP contribution in [-0.4, -0.2) is 28.5 Å². The molecule has 4 N–H and O–H groups in total. The molecule has 0 fully saturated rings. The third kappa shape index (κ3) is 8.02. The SMILES string of the molecule is CC(=O)c1ccc(NC(=S)Nc2cccc(SCC(=O)Nc3sc(C(=O)Nc4ccccc4)c(C)c3C#N)c2)cc1. The number of carbonyl (C=O) groups is 3. The van der Waals surface area contributed by atoms with E-state index in [4.69, 9.17) is 12.2 Å². The van der Waals surface area contributed by atoms with E-state index in [0.29, 0.717) is 31.8 Å². The lowest BCUT2D eigenvalue weighted by molar-refractivity contribution is -0.113. The van der Waals surface area contributed by atoms with Gasteiger partial charge in [-0.3, -0.25) is 14.4 Å². The first-order chi connectivity index (χ1) is 19.7. The van der Waals surface area contributed by atoms with Gasteiger partial charge in [0, 0.05) is 27.5 Å². The molecule has 4 aromatic rings. The van der Waals surface area contributed by atoms with Gasteiger partial charge >= 0.3 is 0 Å². The molecule has 1 aromatic heterocycles. The summed E-state index contributed by atoms with van der Waals surface area (Å²) in [5, 5.41) is 22.2. The average molecular weight is 600 g/mol. The molecule has 0 aliphatic heterocycles. The average Bonchev–Trinajstić information content (AvgIpc) is 3.27. The molecular weight excluding hydrogens is 575 g/mol. The Hall–Kier alpha value is -4.50. The molecule has 0 aliphatic carbocycles. The number of hydrogen-bond acceptors (Lipinski definition) is 7. The zero-order chi connectivity index (χ0) is 29.4. The van der Waals surface area contributed by atoms with Gasteiger partial charge in [-0.1, -0.05) is 24.3 Å². The van der Waals surface area contributed by atoms with E-state index in [1.165, 1.54) is 18.7 Å². The van der Waals surface area contributed by atoms with Gasteiger partial charge in [0.1, 0.15) is 11.1 Å². The molecular formula is C30H25N5O3S3. The molecule has 206 valence electrons. The maximum atomic E-state index is 12.8. The Morgan fingerprint density at radius 3 is 2.22 bits per heavy atom. The molecule has 0 aliphatic rings. The molecule has 41 heavy (non-hydrogen) atoms. The molecule has 0 radical (unpaired) electrons. The highest BCUT2D eigenvalue weighted by atomic mass is 32.2. The molecule has 0 saturated heterocycles. The summed E-state index contributed by atoms with van der Waals surface area (Å²) in [5.41, 5.74) is 3.54. The second-order valence-electron chi connectivity index (χ2n) is 8.77. The number of benzene rings is 3. The Kier molecular flexibility index (Phi) is 9.86. The summed E-state index contributed by atoms with van der Waals surface area (Å²) in [6.07, 6.45) is 0. The van der Waals surface area contributed by atoms with Crippen molar-refractivity contribution in [2.24, 2.45) is 0 Å². The number of nitriles is 1. The third-order valence-corrected chi connectivity index (χ3v) is 8.16. The number of carbonyl (C=O) groups excluding carboxylic acids is 3. The number of rotatable bonds is 9. The van der Waals surface area contributed by atoms with Gasteiger partial charge in [-0.05, 0) is 86.2 Å². The highest BCUT2D eigenvalue weighted by Crippen LogP contribution is 2.33. The van der Waals surface area contributed by atoms with Gasteiger partial charge in [0.25, 0.3) is 5.91 Å². The highest BCUT2D eigenvalue weighted by molar-refractivity contribution is 8.00. The number of nitrogens with one attached hydrogen (secondary N) is 4. The van der Waals surface area contributed by atoms with Crippen LogP contribution in [0.3, 0.4) is 0 Å². The summed E-state index contributed by atoms with van der Waals surface area (Å²) >= 11 is 7.80. The lowest BCUT2D eigenvalue weighted by Gasteiger charge is -2.12. The summed E-state index contributed by atoms with van der Waals surface area (Å²) in [5.74, 6) is -0.545. The molecule has 0 atom stereocenters. The zero-order valence-corrected chi connectivity index (χ0v) is 24.6. The van der Waals surface area contributed by atoms with Crippen LogP contribution in [0, 0.1) is 18.3 Å². The number of thiocarbonyl (C=S) groups is 1. The van der Waals surface area contributed by atoms with Crippen LogP contribution < -0.4 is 21.3 Å². The van der Waals surface area contributed by atoms with E-state index in [1.807, 2.05) is 42.5 Å². The molecule has 0 bridgehead atoms. The van der Waals surface area contributed by atoms with Crippen LogP contribution in [0.5, 0.6) is 0 Å². The van der Waals surface area contributed by atoms with E-state index in [1.54, 1.807) is 43.3 Å². The van der Waals surface area contributed by atoms with Crippen LogP contribution in [0.15, 0.2) is 83.8 Å². The molecule has 2 amide bonds. The molecule has 8 nitrogen and oxygen atoms in total. The lowest BCUT2D eigenvalue weighted by atomic mass is 10.1. The van der Waals surface area contributed by atoms with Crippen molar-refractivity contribution in [3.05, 3.63) is 100 Å². The summed E-state index contributed by atoms with van der Waals surface area (Å²) in [6, 6.07) is 25.6. The quantitative estimate of drug-likeness (QED) is 0.0929. The minimum Gasteiger partial charge on any atom is -0.332 e. The van der Waals surface area contributed by atoms with Gasteiger partial charge < -0.3 is 21.3 Å². The molecule has 11 heteroatoms. The number of Topliss-reactive ketones (excluding diaryl/α,β-unsaturated/α-hetero) is 1. The normalized spacial score (nSPS) is 10.3. The minimum absolute atomic E-state index is 0.00718. The van der Waals surface area contributed by atoms with Crippen molar-refractivity contribution in [3.8, 4) is 6.07 Å². The van der Waals surface area contributed by atoms with Gasteiger partial charge in [-0.25, -0.2) is 0 Å². The van der Waals surface area contributed by atoms with E-state index in [-0.39, 0.29) is 28.9 Å². The van der Waals surface area contributed by atoms with Crippen LogP contribution in [0.1, 0.15) is 38.1 Å². The molecule has 0 saturated carbocycles. The van der Waals surface area contributed by atoms with Crippen LogP contribution in [0.25, 0.3) is 0 Å². The van der Waals surface area contributed by atoms with Crippen LogP contribution in [-0.2, 0) is 4.79 Å². The van der Waals surface area contributed by atoms with Crippen molar-refractivity contribution in [1.29, 1.82) is 5.26 Å². The lowest BCUT2D eigenvalue weighted by Crippen LogP contribution is -2.19. The fraction of sp³-hybridized carbons (Fsp3) is 0.100. The van der Waals surface area contributed by atoms with Gasteiger partial charge in [-0.2, -0.15) is 5.26 Å². The number of anilines is 4. The standard InChI is InChI=1S/C30H25N5O3S3/c1-18-25(16-31)29(41-27(18)28(38)32-21-7-4-3-5-8-21)35-26(37)17-40-24-10-6-9-23(15-24)34-30(39)33-22-13-11-20(12-14-22)19(2)36/h3-15H,17H2,1-2H3,(H,32,38)(H,35,37)(H2,33,34,39). The number of nitrogens with zero attached hydrogens (tertiary/aromatic N) is 1. The van der Waals surface area contributed by atoms with Crippen molar-refractivity contribution in [2.75, 3.05) is 27.0 Å². The number of amides is 2. The topological polar surface area (TPSA) is 123 Å². The van der Waals surface area contributed by atoms with E-state index in [9.17, 15) is 19.6 Å². The first-order valence-electron chi connectivity index (χ1n) is 12.3. The number of thiophene rings is 1. The summed E-state index contributed by atoms with van der Waals surface area (Å²) in [7, 11) is 0. The number of para-hydroxylation sites is 1. The Morgan fingerprint density at radius 1 is 0.878 bits per heavy atom. The predicted octanol–water partition coefficient (Wildman–Crippen LogP) is 6.92. The van der Waals surface area contributed by atoms with Crippen molar-refractivity contribution < 1.29 is 14.4 Å². The Bertz CT molecular complexity index is 1640. The molecule has 0 unspecified atom stereocenters. The number of ketones is 1. The van der Waals surface area contributed by atoms with Gasteiger partial charge in [-0.15, -0.1) is 23.1 Å². The monoisotopic (exact) mass is 599 g/mol. The third-order valence-electron chi connectivity index (χ3n) is 5.76. The smallest absolute Gasteiger partial charge is 0.266 e. The maximum Gasteiger partial charge on any atom is 0.266 e. The van der Waals surface area contributed by atoms with E-state index >= 15 is 0 Å². The first kappa shape index (κ1) is 29.5. The van der Waals surface area contributed by atoms with Crippen LogP contribution in [0.2, 0.25) is 0 Å². The number of hydrogen-bond donors (Lipinski definition) is 4. The largest absolute Gasteiger partial charge is 0.332 e. The van der Waals surface area contributed by atoms with Crippen LogP contribution in [0.4, 0.5) is 22.1 Å². The second-order valence-corrected chi connectivity index (χ2v) is 11.2. The van der Waals surface area contributed by atoms with Gasteiger partial charge in [0.15, 0.2) is 10.9 Å². The molecule has 1 heterocycles. The van der Waals surface area contributed by atoms with Gasteiger partial charge in [0.2, 0.25) is 5.91 Å². The minimum atomic E-state index is -0.338. The van der Waals surface area contributed by atoms with Gasteiger partial charge in [0.05, 0.1) is 16.2 Å². The summed E-state index contributed by atoms with van der Waals surface area (Å²) in [6.45, 7) is 3.21. The van der Waals surface area contributed by atoms with Crippen molar-refractivity contribution in [1.82, 2.24) is 0 Å².